The predicted octanol–water partition coefficient (Wildman–Crippen LogP) is 4.26. The molecule has 12 heteroatoms. The number of anilines is 1. The maximum atomic E-state index is 13.8. The fourth-order valence-corrected chi connectivity index (χ4v) is 4.74. The number of benzene rings is 2. The highest BCUT2D eigenvalue weighted by atomic mass is 35.5. The number of hydrogen-bond donors (Lipinski definition) is 3. The van der Waals surface area contributed by atoms with Gasteiger partial charge in [-0.25, -0.2) is 4.98 Å². The molecule has 2 aromatic carbocycles. The Hall–Kier alpha value is -3.44. The van der Waals surface area contributed by atoms with Gasteiger partial charge in [0, 0.05) is 19.3 Å². The number of carbonyl (C=O) groups excluding carboxylic acids is 3. The fourth-order valence-electron chi connectivity index (χ4n) is 4.74. The lowest BCUT2D eigenvalue weighted by atomic mass is 9.97. The third kappa shape index (κ3) is 10.1. The molecule has 3 amide bonds. The lowest BCUT2D eigenvalue weighted by Crippen LogP contribution is -2.56. The van der Waals surface area contributed by atoms with E-state index < -0.39 is 29.4 Å². The van der Waals surface area contributed by atoms with Crippen LogP contribution in [0, 0.1) is 12.8 Å². The van der Waals surface area contributed by atoms with E-state index in [0.29, 0.717) is 19.0 Å². The number of hydrogen-bond acceptors (Lipinski definition) is 6. The smallest absolute Gasteiger partial charge is 0.250 e. The van der Waals surface area contributed by atoms with Crippen molar-refractivity contribution in [3.63, 3.8) is 0 Å². The molecule has 240 valence electrons. The number of imidazole rings is 1. The van der Waals surface area contributed by atoms with E-state index >= 15 is 0 Å². The Balaban J connectivity index is 0.00000337. The maximum absolute atomic E-state index is 13.8. The van der Waals surface area contributed by atoms with Gasteiger partial charge in [0.25, 0.3) is 5.91 Å². The molecule has 3 aromatic rings. The Labute approximate surface area is 271 Å². The van der Waals surface area contributed by atoms with Crippen LogP contribution in [0.2, 0.25) is 0 Å². The zero-order chi connectivity index (χ0) is 30.3. The monoisotopic (exact) mass is 646 g/mol. The summed E-state index contributed by atoms with van der Waals surface area (Å²) in [6.07, 6.45) is 5.13. The van der Waals surface area contributed by atoms with E-state index in [1.807, 2.05) is 66.4 Å². The van der Waals surface area contributed by atoms with Crippen LogP contribution >= 0.6 is 24.8 Å². The molecule has 1 aromatic heterocycles. The highest BCUT2D eigenvalue weighted by molar-refractivity contribution is 5.98. The first-order valence-electron chi connectivity index (χ1n) is 14.4. The zero-order valence-corrected chi connectivity index (χ0v) is 27.3. The maximum Gasteiger partial charge on any atom is 0.250 e. The van der Waals surface area contributed by atoms with Crippen LogP contribution in [-0.4, -0.2) is 63.4 Å². The quantitative estimate of drug-likeness (QED) is 0.285. The van der Waals surface area contributed by atoms with Gasteiger partial charge in [-0.3, -0.25) is 14.4 Å². The third-order valence-corrected chi connectivity index (χ3v) is 7.48. The second-order valence-corrected chi connectivity index (χ2v) is 11.8. The van der Waals surface area contributed by atoms with Crippen LogP contribution < -0.4 is 16.4 Å². The molecule has 4 N–H and O–H groups in total. The minimum Gasteiger partial charge on any atom is -0.374 e. The molecule has 0 bridgehead atoms. The molecule has 2 atom stereocenters. The first kappa shape index (κ1) is 36.8. The van der Waals surface area contributed by atoms with Crippen LogP contribution in [0.15, 0.2) is 67.1 Å². The number of nitrogens with one attached hydrogen (secondary N) is 2. The average Bonchev–Trinajstić information content (AvgIpc) is 3.41. The van der Waals surface area contributed by atoms with Gasteiger partial charge in [-0.05, 0) is 50.7 Å². The number of carbonyl (C=O) groups is 3. The summed E-state index contributed by atoms with van der Waals surface area (Å²) in [5.74, 6) is -0.152. The molecule has 1 saturated heterocycles. The number of nitrogens with zero attached hydrogens (tertiary/aromatic N) is 3. The number of aromatic nitrogens is 2. The summed E-state index contributed by atoms with van der Waals surface area (Å²) < 4.78 is 7.50. The summed E-state index contributed by atoms with van der Waals surface area (Å²) in [6.45, 7) is 8.97. The molecule has 10 nitrogen and oxygen atoms in total. The topological polar surface area (TPSA) is 132 Å². The van der Waals surface area contributed by atoms with Crippen molar-refractivity contribution in [3.8, 4) is 0 Å². The molecular weight excluding hydrogens is 603 g/mol. The van der Waals surface area contributed by atoms with E-state index in [4.69, 9.17) is 10.5 Å². The number of amides is 3. The molecule has 1 fully saturated rings. The highest BCUT2D eigenvalue weighted by Crippen LogP contribution is 2.26. The number of rotatable bonds is 11. The lowest BCUT2D eigenvalue weighted by Gasteiger charge is -2.33. The Morgan fingerprint density at radius 2 is 1.68 bits per heavy atom. The number of ether oxygens (including phenoxy) is 1. The van der Waals surface area contributed by atoms with Gasteiger partial charge in [0.2, 0.25) is 11.8 Å². The summed E-state index contributed by atoms with van der Waals surface area (Å²) in [4.78, 5) is 46.1. The van der Waals surface area contributed by atoms with Crippen molar-refractivity contribution in [2.75, 3.05) is 25.0 Å². The number of likely N-dealkylation sites (tertiary alicyclic amines) is 1. The third-order valence-electron chi connectivity index (χ3n) is 7.48. The van der Waals surface area contributed by atoms with E-state index in [1.165, 1.54) is 0 Å². The van der Waals surface area contributed by atoms with Crippen LogP contribution in [0.4, 0.5) is 5.82 Å². The second kappa shape index (κ2) is 16.6. The van der Waals surface area contributed by atoms with Crippen molar-refractivity contribution in [2.24, 2.45) is 11.7 Å². The van der Waals surface area contributed by atoms with Gasteiger partial charge in [0.1, 0.15) is 12.1 Å². The molecule has 1 aliphatic rings. The predicted molar refractivity (Wildman–Crippen MR) is 176 cm³/mol. The van der Waals surface area contributed by atoms with Gasteiger partial charge in [-0.2, -0.15) is 0 Å². The molecule has 44 heavy (non-hydrogen) atoms. The van der Waals surface area contributed by atoms with Gasteiger partial charge in [-0.15, -0.1) is 24.8 Å². The largest absolute Gasteiger partial charge is 0.374 e. The Morgan fingerprint density at radius 1 is 1.05 bits per heavy atom. The van der Waals surface area contributed by atoms with Crippen LogP contribution in [0.1, 0.15) is 56.3 Å². The van der Waals surface area contributed by atoms with E-state index in [9.17, 15) is 14.4 Å². The molecular formula is C32H44Cl2N6O4. The Morgan fingerprint density at radius 3 is 2.30 bits per heavy atom. The SMILES string of the molecule is Cc1ccc(C(C(=O)N2CCC(C)CC2)n2cnc(NC(=O)[C@@H](COCc3ccccc3)NC(=O)C(C)(C)N)c2)cc1.Cl.Cl. The Bertz CT molecular complexity index is 1350. The Kier molecular flexibility index (Phi) is 13.8. The number of piperidine rings is 1. The molecule has 0 radical (unpaired) electrons. The van der Waals surface area contributed by atoms with Crippen molar-refractivity contribution < 1.29 is 19.1 Å². The van der Waals surface area contributed by atoms with Crippen molar-refractivity contribution in [1.29, 1.82) is 0 Å². The van der Waals surface area contributed by atoms with Gasteiger partial charge >= 0.3 is 0 Å². The molecule has 0 aliphatic carbocycles. The summed E-state index contributed by atoms with van der Waals surface area (Å²) in [5.41, 5.74) is 7.65. The zero-order valence-electron chi connectivity index (χ0n) is 25.7. The highest BCUT2D eigenvalue weighted by Gasteiger charge is 2.31. The normalized spacial score (nSPS) is 14.9. The van der Waals surface area contributed by atoms with Crippen molar-refractivity contribution in [2.45, 2.75) is 64.8 Å². The molecule has 1 aliphatic heterocycles. The van der Waals surface area contributed by atoms with E-state index in [-0.39, 0.29) is 49.8 Å². The number of halogens is 2. The number of nitrogens with two attached hydrogens (primary N) is 1. The second-order valence-electron chi connectivity index (χ2n) is 11.8. The summed E-state index contributed by atoms with van der Waals surface area (Å²) in [7, 11) is 0. The number of aryl methyl sites for hydroxylation is 1. The van der Waals surface area contributed by atoms with Crippen molar-refractivity contribution >= 4 is 48.4 Å². The summed E-state index contributed by atoms with van der Waals surface area (Å²) in [5, 5.41) is 5.47. The minimum absolute atomic E-state index is 0. The molecule has 0 spiro atoms. The van der Waals surface area contributed by atoms with Gasteiger partial charge in [0.15, 0.2) is 5.82 Å². The van der Waals surface area contributed by atoms with E-state index in [2.05, 4.69) is 22.5 Å². The molecule has 0 saturated carbocycles. The van der Waals surface area contributed by atoms with E-state index in [0.717, 1.165) is 29.5 Å². The van der Waals surface area contributed by atoms with Crippen LogP contribution in [0.25, 0.3) is 0 Å². The van der Waals surface area contributed by atoms with Crippen LogP contribution in [-0.2, 0) is 25.7 Å². The van der Waals surface area contributed by atoms with Gasteiger partial charge in [0.05, 0.1) is 25.1 Å². The van der Waals surface area contributed by atoms with Gasteiger partial charge < -0.3 is 30.6 Å². The lowest BCUT2D eigenvalue weighted by molar-refractivity contribution is -0.135. The van der Waals surface area contributed by atoms with Crippen LogP contribution in [0.5, 0.6) is 0 Å². The average molecular weight is 648 g/mol. The van der Waals surface area contributed by atoms with Crippen molar-refractivity contribution in [1.82, 2.24) is 19.8 Å². The molecule has 4 rings (SSSR count). The van der Waals surface area contributed by atoms with Gasteiger partial charge in [-0.1, -0.05) is 67.1 Å². The van der Waals surface area contributed by atoms with E-state index in [1.54, 1.807) is 30.9 Å². The standard InChI is InChI=1S/C32H42N6O4.2ClH/c1-22-10-12-25(13-11-22)28(30(40)37-16-14-23(2)15-17-37)38-18-27(34-21-38)36-29(39)26(35-31(41)32(3,4)33)20-42-19-24-8-6-5-7-9-24;;/h5-13,18,21,23,26,28H,14-17,19-20,33H2,1-4H3,(H,35,41)(H,36,39);2*1H/t26-,28?;;/m1../s1. The summed E-state index contributed by atoms with van der Waals surface area (Å²) in [6, 6.07) is 15.8. The minimum atomic E-state index is -1.19. The molecule has 2 heterocycles. The first-order valence-corrected chi connectivity index (χ1v) is 14.4. The van der Waals surface area contributed by atoms with Crippen molar-refractivity contribution in [3.05, 3.63) is 83.8 Å². The molecule has 1 unspecified atom stereocenters. The first-order chi connectivity index (χ1) is 20.0. The van der Waals surface area contributed by atoms with Crippen LogP contribution in [0.3, 0.4) is 0 Å². The summed E-state index contributed by atoms with van der Waals surface area (Å²) >= 11 is 0. The fraction of sp³-hybridized carbons (Fsp3) is 0.438.